The van der Waals surface area contributed by atoms with Gasteiger partial charge in [0, 0.05) is 43.0 Å². The van der Waals surface area contributed by atoms with Crippen molar-refractivity contribution in [2.45, 2.75) is 25.7 Å². The van der Waals surface area contributed by atoms with Crippen molar-refractivity contribution < 1.29 is 4.92 Å². The molecule has 1 N–H and O–H groups in total. The molecule has 0 saturated carbocycles. The number of aryl methyl sites for hydroxylation is 1. The minimum Gasteiger partial charge on any atom is -0.370 e. The number of nitro groups is 1. The van der Waals surface area contributed by atoms with E-state index in [0.29, 0.717) is 16.5 Å². The first-order valence-corrected chi connectivity index (χ1v) is 7.63. The minimum absolute atomic E-state index is 0.0633. The summed E-state index contributed by atoms with van der Waals surface area (Å²) in [5.41, 5.74) is 1.55. The van der Waals surface area contributed by atoms with Gasteiger partial charge >= 0.3 is 0 Å². The van der Waals surface area contributed by atoms with Crippen LogP contribution in [0.2, 0.25) is 5.02 Å². The van der Waals surface area contributed by atoms with Gasteiger partial charge in [-0.15, -0.1) is 0 Å². The lowest BCUT2D eigenvalue weighted by atomic mass is 9.96. The van der Waals surface area contributed by atoms with Gasteiger partial charge in [-0.3, -0.25) is 10.1 Å². The molecule has 1 saturated heterocycles. The summed E-state index contributed by atoms with van der Waals surface area (Å²) >= 11 is 6.28. The van der Waals surface area contributed by atoms with Crippen LogP contribution in [0.5, 0.6) is 0 Å². The van der Waals surface area contributed by atoms with Crippen LogP contribution < -0.4 is 4.90 Å². The number of halogens is 1. The molecule has 116 valence electrons. The van der Waals surface area contributed by atoms with Crippen molar-refractivity contribution >= 4 is 23.0 Å². The lowest BCUT2D eigenvalue weighted by molar-refractivity contribution is -0.385. The highest BCUT2D eigenvalue weighted by Crippen LogP contribution is 2.36. The van der Waals surface area contributed by atoms with E-state index in [1.165, 1.54) is 6.07 Å². The van der Waals surface area contributed by atoms with Gasteiger partial charge in [-0.05, 0) is 25.8 Å². The Morgan fingerprint density at radius 3 is 3.00 bits per heavy atom. The fourth-order valence-electron chi connectivity index (χ4n) is 3.01. The van der Waals surface area contributed by atoms with E-state index in [-0.39, 0.29) is 5.69 Å². The normalized spacial score (nSPS) is 18.5. The van der Waals surface area contributed by atoms with E-state index < -0.39 is 4.92 Å². The van der Waals surface area contributed by atoms with E-state index in [4.69, 9.17) is 11.6 Å². The van der Waals surface area contributed by atoms with Crippen LogP contribution in [0.4, 0.5) is 11.4 Å². The summed E-state index contributed by atoms with van der Waals surface area (Å²) in [6, 6.07) is 3.26. The molecule has 0 aliphatic carbocycles. The summed E-state index contributed by atoms with van der Waals surface area (Å²) in [6.07, 6.45) is 5.71. The predicted octanol–water partition coefficient (Wildman–Crippen LogP) is 3.66. The molecule has 1 aromatic carbocycles. The number of hydrogen-bond acceptors (Lipinski definition) is 4. The second-order valence-corrected chi connectivity index (χ2v) is 6.01. The maximum Gasteiger partial charge on any atom is 0.273 e. The molecule has 7 heteroatoms. The maximum absolute atomic E-state index is 11.0. The summed E-state index contributed by atoms with van der Waals surface area (Å²) in [5, 5.41) is 11.4. The quantitative estimate of drug-likeness (QED) is 0.691. The summed E-state index contributed by atoms with van der Waals surface area (Å²) < 4.78 is 0. The van der Waals surface area contributed by atoms with Gasteiger partial charge in [-0.2, -0.15) is 0 Å². The first kappa shape index (κ1) is 14.8. The molecule has 1 aliphatic heterocycles. The number of nitrogens with one attached hydrogen (secondary N) is 1. The molecule has 3 rings (SSSR count). The van der Waals surface area contributed by atoms with Gasteiger partial charge in [-0.25, -0.2) is 4.98 Å². The van der Waals surface area contributed by atoms with Gasteiger partial charge < -0.3 is 9.88 Å². The highest BCUT2D eigenvalue weighted by Gasteiger charge is 2.26. The number of hydrogen-bond donors (Lipinski definition) is 1. The smallest absolute Gasteiger partial charge is 0.273 e. The third-order valence-electron chi connectivity index (χ3n) is 4.13. The minimum atomic E-state index is -0.396. The van der Waals surface area contributed by atoms with E-state index in [0.717, 1.165) is 37.4 Å². The Morgan fingerprint density at radius 2 is 2.32 bits per heavy atom. The van der Waals surface area contributed by atoms with Gasteiger partial charge in [0.15, 0.2) is 0 Å². The maximum atomic E-state index is 11.0. The Kier molecular flexibility index (Phi) is 4.02. The highest BCUT2D eigenvalue weighted by atomic mass is 35.5. The Labute approximate surface area is 133 Å². The van der Waals surface area contributed by atoms with Crippen LogP contribution in [-0.4, -0.2) is 28.0 Å². The number of benzene rings is 1. The molecule has 2 aromatic rings. The molecule has 0 spiro atoms. The zero-order valence-corrected chi connectivity index (χ0v) is 13.0. The third kappa shape index (κ3) is 2.78. The molecule has 0 amide bonds. The fourth-order valence-corrected chi connectivity index (χ4v) is 3.29. The van der Waals surface area contributed by atoms with Crippen LogP contribution in [0.15, 0.2) is 24.5 Å². The number of rotatable bonds is 3. The number of anilines is 1. The molecular weight excluding hydrogens is 304 g/mol. The zero-order chi connectivity index (χ0) is 15.7. The van der Waals surface area contributed by atoms with Crippen molar-refractivity contribution in [2.75, 3.05) is 18.0 Å². The van der Waals surface area contributed by atoms with Crippen LogP contribution >= 0.6 is 11.6 Å². The Bertz CT molecular complexity index is 687. The molecule has 0 radical (unpaired) electrons. The summed E-state index contributed by atoms with van der Waals surface area (Å²) in [5.74, 6) is 1.31. The number of piperidine rings is 1. The van der Waals surface area contributed by atoms with E-state index in [1.54, 1.807) is 13.1 Å². The van der Waals surface area contributed by atoms with Crippen molar-refractivity contribution in [3.8, 4) is 0 Å². The number of aromatic amines is 1. The fraction of sp³-hybridized carbons (Fsp3) is 0.400. The van der Waals surface area contributed by atoms with E-state index in [9.17, 15) is 10.1 Å². The predicted molar refractivity (Wildman–Crippen MR) is 85.6 cm³/mol. The van der Waals surface area contributed by atoms with Gasteiger partial charge in [0.2, 0.25) is 0 Å². The van der Waals surface area contributed by atoms with Crippen LogP contribution in [0.25, 0.3) is 0 Å². The number of aromatic nitrogens is 2. The number of nitro benzene ring substituents is 1. The largest absolute Gasteiger partial charge is 0.370 e. The lowest BCUT2D eigenvalue weighted by Gasteiger charge is -2.34. The third-order valence-corrected chi connectivity index (χ3v) is 4.43. The highest BCUT2D eigenvalue weighted by molar-refractivity contribution is 6.33. The van der Waals surface area contributed by atoms with E-state index in [1.807, 2.05) is 12.3 Å². The molecule has 1 atom stereocenters. The van der Waals surface area contributed by atoms with Crippen LogP contribution in [0.1, 0.15) is 30.1 Å². The zero-order valence-electron chi connectivity index (χ0n) is 12.3. The lowest BCUT2D eigenvalue weighted by Crippen LogP contribution is -2.35. The molecule has 1 fully saturated rings. The summed E-state index contributed by atoms with van der Waals surface area (Å²) in [6.45, 7) is 3.45. The molecule has 1 unspecified atom stereocenters. The monoisotopic (exact) mass is 320 g/mol. The van der Waals surface area contributed by atoms with Gasteiger partial charge in [-0.1, -0.05) is 11.6 Å². The molecule has 6 nitrogen and oxygen atoms in total. The average molecular weight is 321 g/mol. The van der Waals surface area contributed by atoms with Crippen LogP contribution in [0, 0.1) is 17.0 Å². The molecular formula is C15H17ClN4O2. The van der Waals surface area contributed by atoms with Crippen molar-refractivity contribution in [3.63, 3.8) is 0 Å². The molecule has 1 aliphatic rings. The Balaban J connectivity index is 1.87. The summed E-state index contributed by atoms with van der Waals surface area (Å²) in [7, 11) is 0. The van der Waals surface area contributed by atoms with Gasteiger partial charge in [0.25, 0.3) is 5.69 Å². The van der Waals surface area contributed by atoms with Crippen molar-refractivity contribution in [3.05, 3.63) is 51.1 Å². The Hall–Kier alpha value is -2.08. The van der Waals surface area contributed by atoms with Crippen LogP contribution in [0.3, 0.4) is 0 Å². The first-order chi connectivity index (χ1) is 10.6. The molecule has 1 aromatic heterocycles. The number of nitrogens with zero attached hydrogens (tertiary/aromatic N) is 3. The van der Waals surface area contributed by atoms with Crippen molar-refractivity contribution in [2.24, 2.45) is 0 Å². The van der Waals surface area contributed by atoms with E-state index >= 15 is 0 Å². The molecule has 2 heterocycles. The first-order valence-electron chi connectivity index (χ1n) is 7.25. The Morgan fingerprint density at radius 1 is 1.50 bits per heavy atom. The van der Waals surface area contributed by atoms with Crippen LogP contribution in [-0.2, 0) is 0 Å². The number of H-pyrrole nitrogens is 1. The van der Waals surface area contributed by atoms with Crippen molar-refractivity contribution in [1.82, 2.24) is 9.97 Å². The molecule has 22 heavy (non-hydrogen) atoms. The second kappa shape index (κ2) is 5.96. The van der Waals surface area contributed by atoms with Gasteiger partial charge in [0.05, 0.1) is 15.6 Å². The average Bonchev–Trinajstić information content (AvgIpc) is 3.03. The van der Waals surface area contributed by atoms with Crippen molar-refractivity contribution in [1.29, 1.82) is 0 Å². The topological polar surface area (TPSA) is 75.1 Å². The summed E-state index contributed by atoms with van der Waals surface area (Å²) in [4.78, 5) is 20.3. The standard InChI is InChI=1S/C15H17ClN4O2/c1-10-7-14(12(16)8-13(10)20(21)22)19-6-2-3-11(9-19)15-17-4-5-18-15/h4-5,7-8,11H,2-3,6,9H2,1H3,(H,17,18). The van der Waals surface area contributed by atoms with Gasteiger partial charge in [0.1, 0.15) is 5.82 Å². The van der Waals surface area contributed by atoms with E-state index in [2.05, 4.69) is 14.9 Å². The SMILES string of the molecule is Cc1cc(N2CCCC(c3ncc[nH]3)C2)c(Cl)cc1[N+](=O)[O-]. The number of imidazole rings is 1. The molecule has 0 bridgehead atoms. The second-order valence-electron chi connectivity index (χ2n) is 5.61.